The van der Waals surface area contributed by atoms with Gasteiger partial charge in [-0.25, -0.2) is 0 Å². The van der Waals surface area contributed by atoms with Crippen LogP contribution in [-0.2, 0) is 4.79 Å². The second kappa shape index (κ2) is 11.6. The lowest BCUT2D eigenvalue weighted by Crippen LogP contribution is -2.42. The first-order valence-electron chi connectivity index (χ1n) is 12.5. The van der Waals surface area contributed by atoms with Gasteiger partial charge in [-0.05, 0) is 80.3 Å². The average molecular weight is 462 g/mol. The predicted molar refractivity (Wildman–Crippen MR) is 137 cm³/mol. The van der Waals surface area contributed by atoms with Gasteiger partial charge in [-0.2, -0.15) is 5.26 Å². The van der Waals surface area contributed by atoms with E-state index in [1.165, 1.54) is 5.56 Å². The van der Waals surface area contributed by atoms with Gasteiger partial charge in [0.2, 0.25) is 5.91 Å². The maximum Gasteiger partial charge on any atom is 0.228 e. The van der Waals surface area contributed by atoms with Gasteiger partial charge in [0.15, 0.2) is 0 Å². The SMILES string of the molecule is CC(C)CC(C(=O)NCC#N)c1cccc(-c2ccc(C3CCN(CC(C)(C)O)CC3)cc2)c1. The van der Waals surface area contributed by atoms with Gasteiger partial charge >= 0.3 is 0 Å². The highest BCUT2D eigenvalue weighted by atomic mass is 16.3. The first kappa shape index (κ1) is 25.9. The smallest absolute Gasteiger partial charge is 0.228 e. The van der Waals surface area contributed by atoms with Crippen molar-refractivity contribution in [3.8, 4) is 17.2 Å². The number of likely N-dealkylation sites (tertiary alicyclic amines) is 1. The highest BCUT2D eigenvalue weighted by Gasteiger charge is 2.25. The largest absolute Gasteiger partial charge is 0.389 e. The third kappa shape index (κ3) is 7.41. The number of aliphatic hydroxyl groups is 1. The Bertz CT molecular complexity index is 978. The number of piperidine rings is 1. The number of carbonyl (C=O) groups excluding carboxylic acids is 1. The van der Waals surface area contributed by atoms with E-state index in [0.717, 1.165) is 55.6 Å². The van der Waals surface area contributed by atoms with Gasteiger partial charge in [-0.3, -0.25) is 4.79 Å². The number of hydrogen-bond donors (Lipinski definition) is 2. The Hall–Kier alpha value is -2.68. The molecule has 0 aromatic heterocycles. The molecule has 0 radical (unpaired) electrons. The van der Waals surface area contributed by atoms with Crippen LogP contribution in [0.25, 0.3) is 11.1 Å². The van der Waals surface area contributed by atoms with Crippen molar-refractivity contribution in [3.05, 3.63) is 59.7 Å². The summed E-state index contributed by atoms with van der Waals surface area (Å²) in [6.45, 7) is 10.8. The lowest BCUT2D eigenvalue weighted by molar-refractivity contribution is -0.122. The lowest BCUT2D eigenvalue weighted by atomic mass is 9.86. The summed E-state index contributed by atoms with van der Waals surface area (Å²) in [4.78, 5) is 15.1. The van der Waals surface area contributed by atoms with Crippen molar-refractivity contribution in [2.75, 3.05) is 26.2 Å². The Kier molecular flexibility index (Phi) is 8.88. The molecule has 1 amide bonds. The maximum absolute atomic E-state index is 12.7. The van der Waals surface area contributed by atoms with Gasteiger partial charge in [0.1, 0.15) is 6.54 Å². The molecule has 2 N–H and O–H groups in total. The van der Waals surface area contributed by atoms with Crippen molar-refractivity contribution in [3.63, 3.8) is 0 Å². The predicted octanol–water partition coefficient (Wildman–Crippen LogP) is 5.07. The second-order valence-corrected chi connectivity index (χ2v) is 10.7. The molecule has 2 aromatic rings. The lowest BCUT2D eigenvalue weighted by Gasteiger charge is -2.35. The summed E-state index contributed by atoms with van der Waals surface area (Å²) in [5, 5.41) is 21.7. The third-order valence-electron chi connectivity index (χ3n) is 6.57. The van der Waals surface area contributed by atoms with E-state index >= 15 is 0 Å². The van der Waals surface area contributed by atoms with Crippen LogP contribution in [0.5, 0.6) is 0 Å². The van der Waals surface area contributed by atoms with Crippen molar-refractivity contribution >= 4 is 5.91 Å². The minimum Gasteiger partial charge on any atom is -0.389 e. The number of nitrogens with one attached hydrogen (secondary N) is 1. The molecule has 3 rings (SSSR count). The molecule has 1 aliphatic heterocycles. The highest BCUT2D eigenvalue weighted by Crippen LogP contribution is 2.32. The fourth-order valence-corrected chi connectivity index (χ4v) is 4.97. The zero-order chi connectivity index (χ0) is 24.7. The summed E-state index contributed by atoms with van der Waals surface area (Å²) in [5.41, 5.74) is 3.96. The van der Waals surface area contributed by atoms with Gasteiger partial charge in [-0.15, -0.1) is 0 Å². The van der Waals surface area contributed by atoms with Gasteiger partial charge in [-0.1, -0.05) is 62.4 Å². The van der Waals surface area contributed by atoms with Crippen molar-refractivity contribution in [1.29, 1.82) is 5.26 Å². The number of β-amino-alcohol motifs (C(OH)–C–C–N with tert-alkyl or cyclic N) is 1. The molecule has 0 bridgehead atoms. The second-order valence-electron chi connectivity index (χ2n) is 10.7. The number of benzene rings is 2. The van der Waals surface area contributed by atoms with Crippen LogP contribution in [0, 0.1) is 17.2 Å². The van der Waals surface area contributed by atoms with Crippen LogP contribution >= 0.6 is 0 Å². The molecule has 5 nitrogen and oxygen atoms in total. The van der Waals surface area contributed by atoms with E-state index in [-0.39, 0.29) is 18.4 Å². The Balaban J connectivity index is 1.71. The van der Waals surface area contributed by atoms with Gasteiger partial charge in [0.05, 0.1) is 17.6 Å². The molecule has 1 aliphatic rings. The molecule has 5 heteroatoms. The first-order chi connectivity index (χ1) is 16.2. The third-order valence-corrected chi connectivity index (χ3v) is 6.57. The van der Waals surface area contributed by atoms with E-state index in [0.29, 0.717) is 11.8 Å². The van der Waals surface area contributed by atoms with Crippen molar-refractivity contribution < 1.29 is 9.90 Å². The fraction of sp³-hybridized carbons (Fsp3) is 0.517. The van der Waals surface area contributed by atoms with Crippen molar-refractivity contribution in [2.45, 2.75) is 64.4 Å². The summed E-state index contributed by atoms with van der Waals surface area (Å²) >= 11 is 0. The zero-order valence-electron chi connectivity index (χ0n) is 21.1. The summed E-state index contributed by atoms with van der Waals surface area (Å²) < 4.78 is 0. The molecule has 34 heavy (non-hydrogen) atoms. The van der Waals surface area contributed by atoms with Crippen LogP contribution in [0.4, 0.5) is 0 Å². The minimum absolute atomic E-state index is 0.0330. The average Bonchev–Trinajstić information content (AvgIpc) is 2.80. The Morgan fingerprint density at radius 1 is 1.15 bits per heavy atom. The standard InChI is InChI=1S/C29H39N3O2/c1-21(2)18-27(28(33)31-15-14-30)26-7-5-6-25(19-26)23-10-8-22(9-11-23)24-12-16-32(17-13-24)20-29(3,4)34/h5-11,19,21,24,27,34H,12-13,15-18,20H2,1-4H3,(H,31,33). The molecule has 0 spiro atoms. The van der Waals surface area contributed by atoms with Gasteiger partial charge < -0.3 is 15.3 Å². The number of rotatable bonds is 9. The van der Waals surface area contributed by atoms with Crippen LogP contribution in [0.3, 0.4) is 0 Å². The summed E-state index contributed by atoms with van der Waals surface area (Å²) in [6.07, 6.45) is 2.96. The molecule has 1 heterocycles. The summed E-state index contributed by atoms with van der Waals surface area (Å²) in [5.74, 6) is 0.577. The Morgan fingerprint density at radius 2 is 1.82 bits per heavy atom. The number of carbonyl (C=O) groups is 1. The number of hydrogen-bond acceptors (Lipinski definition) is 4. The highest BCUT2D eigenvalue weighted by molar-refractivity contribution is 5.84. The molecular weight excluding hydrogens is 422 g/mol. The van der Waals surface area contributed by atoms with Crippen LogP contribution in [0.2, 0.25) is 0 Å². The Morgan fingerprint density at radius 3 is 2.41 bits per heavy atom. The number of nitriles is 1. The van der Waals surface area contributed by atoms with E-state index in [1.807, 2.05) is 32.0 Å². The molecule has 1 saturated heterocycles. The summed E-state index contributed by atoms with van der Waals surface area (Å²) in [7, 11) is 0. The Labute approximate surface area is 204 Å². The van der Waals surface area contributed by atoms with Crippen LogP contribution in [0.15, 0.2) is 48.5 Å². The topological polar surface area (TPSA) is 76.4 Å². The normalized spacial score (nSPS) is 16.3. The molecule has 1 fully saturated rings. The minimum atomic E-state index is -0.645. The molecular formula is C29H39N3O2. The van der Waals surface area contributed by atoms with Crippen molar-refractivity contribution in [2.24, 2.45) is 5.92 Å². The van der Waals surface area contributed by atoms with E-state index in [9.17, 15) is 9.90 Å². The van der Waals surface area contributed by atoms with Crippen LogP contribution in [-0.4, -0.2) is 47.7 Å². The molecule has 1 unspecified atom stereocenters. The van der Waals surface area contributed by atoms with E-state index < -0.39 is 5.60 Å². The maximum atomic E-state index is 12.7. The number of nitrogens with zero attached hydrogens (tertiary/aromatic N) is 2. The quantitative estimate of drug-likeness (QED) is 0.511. The van der Waals surface area contributed by atoms with E-state index in [1.54, 1.807) is 0 Å². The first-order valence-corrected chi connectivity index (χ1v) is 12.5. The molecule has 1 atom stereocenters. The van der Waals surface area contributed by atoms with E-state index in [2.05, 4.69) is 60.5 Å². The summed E-state index contributed by atoms with van der Waals surface area (Å²) in [6, 6.07) is 19.1. The molecule has 0 aliphatic carbocycles. The van der Waals surface area contributed by atoms with Crippen LogP contribution in [0.1, 0.15) is 69.9 Å². The van der Waals surface area contributed by atoms with Crippen molar-refractivity contribution in [1.82, 2.24) is 10.2 Å². The fourth-order valence-electron chi connectivity index (χ4n) is 4.97. The zero-order valence-corrected chi connectivity index (χ0v) is 21.1. The van der Waals surface area contributed by atoms with Crippen LogP contribution < -0.4 is 5.32 Å². The molecule has 182 valence electrons. The number of amides is 1. The monoisotopic (exact) mass is 461 g/mol. The van der Waals surface area contributed by atoms with E-state index in [4.69, 9.17) is 5.26 Å². The molecule has 0 saturated carbocycles. The molecule has 2 aromatic carbocycles. The van der Waals surface area contributed by atoms with Gasteiger partial charge in [0.25, 0.3) is 0 Å². The van der Waals surface area contributed by atoms with Gasteiger partial charge in [0, 0.05) is 6.54 Å².